The van der Waals surface area contributed by atoms with Crippen LogP contribution in [0.2, 0.25) is 0 Å². The number of rotatable bonds is 4. The van der Waals surface area contributed by atoms with Crippen molar-refractivity contribution in [3.8, 4) is 0 Å². The number of hydrogen-bond acceptors (Lipinski definition) is 2. The summed E-state index contributed by atoms with van der Waals surface area (Å²) in [6.45, 7) is 0. The van der Waals surface area contributed by atoms with Gasteiger partial charge in [0.15, 0.2) is 0 Å². The van der Waals surface area contributed by atoms with Crippen molar-refractivity contribution in [3.05, 3.63) is 119 Å². The summed E-state index contributed by atoms with van der Waals surface area (Å²) in [5, 5.41) is 0. The van der Waals surface area contributed by atoms with Crippen molar-refractivity contribution >= 4 is 22.1 Å². The highest BCUT2D eigenvalue weighted by atomic mass is 14.8. The molecule has 134 valence electrons. The third-order valence-corrected chi connectivity index (χ3v) is 5.14. The third-order valence-electron chi connectivity index (χ3n) is 5.14. The zero-order chi connectivity index (χ0) is 18.8. The number of nitrogens with zero attached hydrogens (tertiary/aromatic N) is 2. The first-order valence-corrected chi connectivity index (χ1v) is 9.62. The highest BCUT2D eigenvalue weighted by molar-refractivity contribution is 5.90. The Bertz CT molecular complexity index is 1150. The topological polar surface area (TPSA) is 25.8 Å². The molecule has 0 amide bonds. The van der Waals surface area contributed by atoms with Crippen LogP contribution in [0.5, 0.6) is 0 Å². The van der Waals surface area contributed by atoms with Crippen LogP contribution in [0.4, 0.5) is 0 Å². The van der Waals surface area contributed by atoms with Crippen LogP contribution in [-0.2, 0) is 12.8 Å². The Labute approximate surface area is 164 Å². The van der Waals surface area contributed by atoms with E-state index in [9.17, 15) is 0 Å². The van der Waals surface area contributed by atoms with Gasteiger partial charge in [0, 0.05) is 0 Å². The van der Waals surface area contributed by atoms with Gasteiger partial charge < -0.3 is 0 Å². The van der Waals surface area contributed by atoms with E-state index in [1.165, 1.54) is 22.3 Å². The van der Waals surface area contributed by atoms with Crippen LogP contribution >= 0.6 is 0 Å². The van der Waals surface area contributed by atoms with Gasteiger partial charge in [0.1, 0.15) is 0 Å². The van der Waals surface area contributed by atoms with E-state index in [-0.39, 0.29) is 0 Å². The van der Waals surface area contributed by atoms with Gasteiger partial charge in [0.05, 0.1) is 22.1 Å². The first-order valence-electron chi connectivity index (χ1n) is 9.62. The third kappa shape index (κ3) is 3.25. The average Bonchev–Trinajstić information content (AvgIpc) is 2.76. The summed E-state index contributed by atoms with van der Waals surface area (Å²) >= 11 is 0. The van der Waals surface area contributed by atoms with Crippen LogP contribution < -0.4 is 0 Å². The predicted octanol–water partition coefficient (Wildman–Crippen LogP) is 5.96. The SMILES string of the molecule is c1ccc(Cc2ccc(Cc3ccccc3)c3nc4ccccc4nc23)cc1. The molecule has 4 aromatic carbocycles. The van der Waals surface area contributed by atoms with Gasteiger partial charge in [0.2, 0.25) is 0 Å². The Morgan fingerprint density at radius 2 is 0.821 bits per heavy atom. The molecular weight excluding hydrogens is 340 g/mol. The second-order valence-corrected chi connectivity index (χ2v) is 7.12. The van der Waals surface area contributed by atoms with Gasteiger partial charge in [-0.15, -0.1) is 0 Å². The van der Waals surface area contributed by atoms with Crippen LogP contribution in [0.15, 0.2) is 97.1 Å². The molecular formula is C26H20N2. The fourth-order valence-corrected chi connectivity index (χ4v) is 3.72. The molecule has 0 fully saturated rings. The smallest absolute Gasteiger partial charge is 0.0932 e. The van der Waals surface area contributed by atoms with Gasteiger partial charge >= 0.3 is 0 Å². The van der Waals surface area contributed by atoms with Crippen LogP contribution in [-0.4, -0.2) is 9.97 Å². The largest absolute Gasteiger partial charge is 0.244 e. The molecule has 0 saturated carbocycles. The van der Waals surface area contributed by atoms with Gasteiger partial charge in [-0.25, -0.2) is 9.97 Å². The molecule has 0 bridgehead atoms. The molecule has 0 radical (unpaired) electrons. The summed E-state index contributed by atoms with van der Waals surface area (Å²) in [5.41, 5.74) is 8.92. The highest BCUT2D eigenvalue weighted by Crippen LogP contribution is 2.26. The summed E-state index contributed by atoms with van der Waals surface area (Å²) in [6, 6.07) is 33.7. The van der Waals surface area contributed by atoms with Crippen molar-refractivity contribution in [2.24, 2.45) is 0 Å². The van der Waals surface area contributed by atoms with Crippen molar-refractivity contribution in [2.75, 3.05) is 0 Å². The Balaban J connectivity index is 1.68. The quantitative estimate of drug-likeness (QED) is 0.369. The lowest BCUT2D eigenvalue weighted by atomic mass is 9.97. The van der Waals surface area contributed by atoms with E-state index >= 15 is 0 Å². The van der Waals surface area contributed by atoms with E-state index in [4.69, 9.17) is 9.97 Å². The van der Waals surface area contributed by atoms with Gasteiger partial charge in [-0.2, -0.15) is 0 Å². The molecule has 0 spiro atoms. The Morgan fingerprint density at radius 1 is 0.429 bits per heavy atom. The van der Waals surface area contributed by atoms with Crippen molar-refractivity contribution in [2.45, 2.75) is 12.8 Å². The van der Waals surface area contributed by atoms with E-state index < -0.39 is 0 Å². The van der Waals surface area contributed by atoms with E-state index in [0.29, 0.717) is 0 Å². The summed E-state index contributed by atoms with van der Waals surface area (Å²) in [4.78, 5) is 10.0. The van der Waals surface area contributed by atoms with Crippen molar-refractivity contribution in [3.63, 3.8) is 0 Å². The lowest BCUT2D eigenvalue weighted by molar-refractivity contribution is 1.16. The average molecular weight is 360 g/mol. The van der Waals surface area contributed by atoms with Crippen LogP contribution in [0.3, 0.4) is 0 Å². The molecule has 5 rings (SSSR count). The van der Waals surface area contributed by atoms with E-state index in [0.717, 1.165) is 34.9 Å². The number of para-hydroxylation sites is 2. The maximum absolute atomic E-state index is 5.01. The summed E-state index contributed by atoms with van der Waals surface area (Å²) < 4.78 is 0. The van der Waals surface area contributed by atoms with E-state index in [1.54, 1.807) is 0 Å². The monoisotopic (exact) mass is 360 g/mol. The molecule has 1 aromatic heterocycles. The minimum Gasteiger partial charge on any atom is -0.244 e. The number of fused-ring (bicyclic) bond motifs is 2. The minimum absolute atomic E-state index is 0.857. The lowest BCUT2D eigenvalue weighted by Gasteiger charge is -2.12. The molecule has 2 heteroatoms. The fraction of sp³-hybridized carbons (Fsp3) is 0.0769. The summed E-state index contributed by atoms with van der Waals surface area (Å²) in [6.07, 6.45) is 1.71. The number of hydrogen-bond donors (Lipinski definition) is 0. The van der Waals surface area contributed by atoms with Gasteiger partial charge in [-0.05, 0) is 47.2 Å². The fourth-order valence-electron chi connectivity index (χ4n) is 3.72. The molecule has 1 heterocycles. The highest BCUT2D eigenvalue weighted by Gasteiger charge is 2.12. The zero-order valence-electron chi connectivity index (χ0n) is 15.5. The Morgan fingerprint density at radius 3 is 1.25 bits per heavy atom. The second kappa shape index (κ2) is 7.24. The second-order valence-electron chi connectivity index (χ2n) is 7.12. The molecule has 0 aliphatic rings. The van der Waals surface area contributed by atoms with Crippen LogP contribution in [0, 0.1) is 0 Å². The molecule has 2 nitrogen and oxygen atoms in total. The normalized spacial score (nSPS) is 11.1. The summed E-state index contributed by atoms with van der Waals surface area (Å²) in [7, 11) is 0. The van der Waals surface area contributed by atoms with Crippen molar-refractivity contribution in [1.82, 2.24) is 9.97 Å². The van der Waals surface area contributed by atoms with Crippen LogP contribution in [0.1, 0.15) is 22.3 Å². The minimum atomic E-state index is 0.857. The van der Waals surface area contributed by atoms with Crippen LogP contribution in [0.25, 0.3) is 22.1 Å². The maximum atomic E-state index is 5.01. The summed E-state index contributed by atoms with van der Waals surface area (Å²) in [5.74, 6) is 0. The van der Waals surface area contributed by atoms with E-state index in [2.05, 4.69) is 72.8 Å². The number of benzene rings is 4. The number of aromatic nitrogens is 2. The molecule has 0 atom stereocenters. The molecule has 28 heavy (non-hydrogen) atoms. The maximum Gasteiger partial charge on any atom is 0.0932 e. The van der Waals surface area contributed by atoms with Gasteiger partial charge in [-0.3, -0.25) is 0 Å². The Hall–Kier alpha value is -3.52. The molecule has 0 aliphatic heterocycles. The molecule has 0 unspecified atom stereocenters. The first kappa shape index (κ1) is 16.6. The zero-order valence-corrected chi connectivity index (χ0v) is 15.5. The van der Waals surface area contributed by atoms with E-state index in [1.807, 2.05) is 24.3 Å². The van der Waals surface area contributed by atoms with Gasteiger partial charge in [0.25, 0.3) is 0 Å². The molecule has 0 saturated heterocycles. The first-order chi connectivity index (χ1) is 13.9. The standard InChI is InChI=1S/C26H20N2/c1-3-9-19(10-4-1)17-21-15-16-22(18-20-11-5-2-6-12-20)26-25(21)27-23-13-7-8-14-24(23)28-26/h1-16H,17-18H2. The van der Waals surface area contributed by atoms with Crippen molar-refractivity contribution < 1.29 is 0 Å². The Kier molecular flexibility index (Phi) is 4.30. The molecule has 0 N–H and O–H groups in total. The van der Waals surface area contributed by atoms with Gasteiger partial charge in [-0.1, -0.05) is 84.9 Å². The lowest BCUT2D eigenvalue weighted by Crippen LogP contribution is -1.99. The molecule has 0 aliphatic carbocycles. The van der Waals surface area contributed by atoms with Crippen molar-refractivity contribution in [1.29, 1.82) is 0 Å². The molecule has 5 aromatic rings. The predicted molar refractivity (Wildman–Crippen MR) is 116 cm³/mol.